The first-order chi connectivity index (χ1) is 13.6. The van der Waals surface area contributed by atoms with Crippen molar-refractivity contribution in [3.63, 3.8) is 0 Å². The van der Waals surface area contributed by atoms with Crippen LogP contribution in [-0.4, -0.2) is 28.5 Å². The van der Waals surface area contributed by atoms with Crippen LogP contribution in [0.15, 0.2) is 60.9 Å². The number of nitrogens with one attached hydrogen (secondary N) is 2. The van der Waals surface area contributed by atoms with Gasteiger partial charge in [0.1, 0.15) is 11.5 Å². The molecule has 3 heterocycles. The van der Waals surface area contributed by atoms with Crippen LogP contribution in [0, 0.1) is 5.82 Å². The topological polar surface area (TPSA) is 83.8 Å². The monoisotopic (exact) mass is 394 g/mol. The molecule has 4 rings (SSSR count). The molecule has 0 fully saturated rings. The number of pyridine rings is 1. The fourth-order valence-corrected chi connectivity index (χ4v) is 4.08. The standard InChI is InChI=1S/C21H19FN4OS/c22-14-3-1-13(2-4-14)11-15(12-23)26-21(27)19-6-5-18(28-19)16-7-9-24-20-17(16)8-10-25-20/h1-10,15H,11-12,23H2,(H,24,25)(H,26,27)/t15-/m1/s1. The number of benzene rings is 1. The van der Waals surface area contributed by atoms with E-state index in [1.807, 2.05) is 30.5 Å². The van der Waals surface area contributed by atoms with E-state index in [1.165, 1.54) is 23.5 Å². The van der Waals surface area contributed by atoms with Crippen molar-refractivity contribution in [3.05, 3.63) is 77.2 Å². The Morgan fingerprint density at radius 2 is 2.00 bits per heavy atom. The number of aromatic amines is 1. The Morgan fingerprint density at radius 1 is 1.18 bits per heavy atom. The maximum absolute atomic E-state index is 13.1. The first-order valence-corrected chi connectivity index (χ1v) is 9.73. The molecule has 142 valence electrons. The second-order valence-corrected chi connectivity index (χ2v) is 7.58. The summed E-state index contributed by atoms with van der Waals surface area (Å²) in [6.45, 7) is 0.301. The molecule has 0 saturated heterocycles. The number of carbonyl (C=O) groups excluding carboxylic acids is 1. The van der Waals surface area contributed by atoms with E-state index in [0.29, 0.717) is 17.8 Å². The summed E-state index contributed by atoms with van der Waals surface area (Å²) in [6, 6.07) is 13.7. The lowest BCUT2D eigenvalue weighted by atomic mass is 10.1. The lowest BCUT2D eigenvalue weighted by molar-refractivity contribution is 0.0942. The zero-order valence-corrected chi connectivity index (χ0v) is 15.8. The van der Waals surface area contributed by atoms with Crippen molar-refractivity contribution in [2.24, 2.45) is 5.73 Å². The molecule has 0 aliphatic carbocycles. The van der Waals surface area contributed by atoms with Gasteiger partial charge >= 0.3 is 0 Å². The molecule has 28 heavy (non-hydrogen) atoms. The molecule has 0 radical (unpaired) electrons. The van der Waals surface area contributed by atoms with Crippen molar-refractivity contribution < 1.29 is 9.18 Å². The van der Waals surface area contributed by atoms with Crippen LogP contribution in [0.4, 0.5) is 4.39 Å². The van der Waals surface area contributed by atoms with Gasteiger partial charge in [0.2, 0.25) is 0 Å². The van der Waals surface area contributed by atoms with Crippen LogP contribution in [0.2, 0.25) is 0 Å². The molecular formula is C21H19FN4OS. The van der Waals surface area contributed by atoms with Crippen molar-refractivity contribution in [2.75, 3.05) is 6.54 Å². The van der Waals surface area contributed by atoms with Gasteiger partial charge in [0.15, 0.2) is 0 Å². The smallest absolute Gasteiger partial charge is 0.261 e. The van der Waals surface area contributed by atoms with Crippen LogP contribution in [0.25, 0.3) is 21.5 Å². The van der Waals surface area contributed by atoms with Crippen molar-refractivity contribution >= 4 is 28.3 Å². The van der Waals surface area contributed by atoms with E-state index in [2.05, 4.69) is 15.3 Å². The second-order valence-electron chi connectivity index (χ2n) is 6.50. The largest absolute Gasteiger partial charge is 0.347 e. The maximum atomic E-state index is 13.1. The van der Waals surface area contributed by atoms with Gasteiger partial charge in [-0.25, -0.2) is 9.37 Å². The number of hydrogen-bond donors (Lipinski definition) is 3. The summed E-state index contributed by atoms with van der Waals surface area (Å²) in [5, 5.41) is 4.00. The molecule has 1 atom stereocenters. The zero-order chi connectivity index (χ0) is 19.5. The highest BCUT2D eigenvalue weighted by atomic mass is 32.1. The number of amides is 1. The average Bonchev–Trinajstić information content (AvgIpc) is 3.38. The van der Waals surface area contributed by atoms with E-state index in [4.69, 9.17) is 5.73 Å². The van der Waals surface area contributed by atoms with Crippen LogP contribution in [0.5, 0.6) is 0 Å². The Balaban J connectivity index is 1.49. The van der Waals surface area contributed by atoms with Gasteiger partial charge in [-0.05, 0) is 48.4 Å². The molecular weight excluding hydrogens is 375 g/mol. The number of hydrogen-bond acceptors (Lipinski definition) is 4. The van der Waals surface area contributed by atoms with Crippen molar-refractivity contribution in [1.82, 2.24) is 15.3 Å². The number of H-pyrrole nitrogens is 1. The molecule has 4 aromatic rings. The quantitative estimate of drug-likeness (QED) is 0.466. The van der Waals surface area contributed by atoms with Crippen molar-refractivity contribution in [3.8, 4) is 10.4 Å². The number of rotatable bonds is 6. The van der Waals surface area contributed by atoms with Gasteiger partial charge in [-0.15, -0.1) is 11.3 Å². The van der Waals surface area contributed by atoms with Crippen LogP contribution in [-0.2, 0) is 6.42 Å². The summed E-state index contributed by atoms with van der Waals surface area (Å²) >= 11 is 1.43. The van der Waals surface area contributed by atoms with E-state index in [0.717, 1.165) is 27.0 Å². The van der Waals surface area contributed by atoms with Gasteiger partial charge in [-0.1, -0.05) is 12.1 Å². The predicted molar refractivity (Wildman–Crippen MR) is 110 cm³/mol. The molecule has 0 bridgehead atoms. The number of carbonyl (C=O) groups is 1. The molecule has 3 aromatic heterocycles. The Morgan fingerprint density at radius 3 is 2.79 bits per heavy atom. The number of nitrogens with two attached hydrogens (primary N) is 1. The summed E-state index contributed by atoms with van der Waals surface area (Å²) in [6.07, 6.45) is 4.15. The van der Waals surface area contributed by atoms with E-state index >= 15 is 0 Å². The fourth-order valence-electron chi connectivity index (χ4n) is 3.14. The number of halogens is 1. The minimum atomic E-state index is -0.282. The Bertz CT molecular complexity index is 1100. The van der Waals surface area contributed by atoms with Crippen LogP contribution >= 0.6 is 11.3 Å². The molecule has 0 saturated carbocycles. The maximum Gasteiger partial charge on any atom is 0.261 e. The number of aromatic nitrogens is 2. The van der Waals surface area contributed by atoms with E-state index < -0.39 is 0 Å². The average molecular weight is 394 g/mol. The first kappa shape index (κ1) is 18.3. The van der Waals surface area contributed by atoms with Crippen molar-refractivity contribution in [1.29, 1.82) is 0 Å². The summed E-state index contributed by atoms with van der Waals surface area (Å²) < 4.78 is 13.1. The summed E-state index contributed by atoms with van der Waals surface area (Å²) in [5.41, 5.74) is 8.61. The van der Waals surface area contributed by atoms with E-state index in [1.54, 1.807) is 18.3 Å². The number of fused-ring (bicyclic) bond motifs is 1. The Hall–Kier alpha value is -3.03. The van der Waals surface area contributed by atoms with Gasteiger partial charge in [-0.3, -0.25) is 4.79 Å². The third-order valence-electron chi connectivity index (χ3n) is 4.57. The predicted octanol–water partition coefficient (Wildman–Crippen LogP) is 3.73. The molecule has 1 aromatic carbocycles. The third kappa shape index (κ3) is 3.81. The second kappa shape index (κ2) is 7.92. The fraction of sp³-hybridized carbons (Fsp3) is 0.143. The number of nitrogens with zero attached hydrogens (tertiary/aromatic N) is 1. The normalized spacial score (nSPS) is 12.2. The molecule has 0 unspecified atom stereocenters. The highest BCUT2D eigenvalue weighted by Crippen LogP contribution is 2.32. The zero-order valence-electron chi connectivity index (χ0n) is 15.0. The SMILES string of the molecule is NC[C@@H](Cc1ccc(F)cc1)NC(=O)c1ccc(-c2ccnc3[nH]ccc23)s1. The molecule has 7 heteroatoms. The van der Waals surface area contributed by atoms with Crippen molar-refractivity contribution in [2.45, 2.75) is 12.5 Å². The van der Waals surface area contributed by atoms with Gasteiger partial charge in [0.05, 0.1) is 4.88 Å². The third-order valence-corrected chi connectivity index (χ3v) is 5.69. The van der Waals surface area contributed by atoms with Gasteiger partial charge in [0.25, 0.3) is 5.91 Å². The summed E-state index contributed by atoms with van der Waals surface area (Å²) in [7, 11) is 0. The minimum Gasteiger partial charge on any atom is -0.347 e. The lowest BCUT2D eigenvalue weighted by Crippen LogP contribution is -2.41. The van der Waals surface area contributed by atoms with Crippen LogP contribution in [0.1, 0.15) is 15.2 Å². The Labute approximate surface area is 165 Å². The van der Waals surface area contributed by atoms with E-state index in [-0.39, 0.29) is 17.8 Å². The van der Waals surface area contributed by atoms with Gasteiger partial charge in [-0.2, -0.15) is 0 Å². The summed E-state index contributed by atoms with van der Waals surface area (Å²) in [5.74, 6) is -0.441. The number of thiophene rings is 1. The molecule has 0 aliphatic heterocycles. The highest BCUT2D eigenvalue weighted by molar-refractivity contribution is 7.17. The molecule has 0 aliphatic rings. The van der Waals surface area contributed by atoms with Crippen LogP contribution < -0.4 is 11.1 Å². The molecule has 4 N–H and O–H groups in total. The lowest BCUT2D eigenvalue weighted by Gasteiger charge is -2.16. The van der Waals surface area contributed by atoms with Crippen LogP contribution in [0.3, 0.4) is 0 Å². The van der Waals surface area contributed by atoms with Gasteiger partial charge in [0, 0.05) is 40.8 Å². The molecule has 0 spiro atoms. The first-order valence-electron chi connectivity index (χ1n) is 8.91. The molecule has 5 nitrogen and oxygen atoms in total. The highest BCUT2D eigenvalue weighted by Gasteiger charge is 2.16. The Kier molecular flexibility index (Phi) is 5.18. The summed E-state index contributed by atoms with van der Waals surface area (Å²) in [4.78, 5) is 21.7. The minimum absolute atomic E-state index is 0.159. The van der Waals surface area contributed by atoms with E-state index in [9.17, 15) is 9.18 Å². The van der Waals surface area contributed by atoms with Gasteiger partial charge < -0.3 is 16.0 Å². The molecule has 1 amide bonds.